The van der Waals surface area contributed by atoms with Gasteiger partial charge in [0.15, 0.2) is 0 Å². The fourth-order valence-corrected chi connectivity index (χ4v) is 2.85. The van der Waals surface area contributed by atoms with Gasteiger partial charge in [-0.25, -0.2) is 0 Å². The molecule has 0 bridgehead atoms. The SMILES string of the molecule is CP1NCC=P1. The van der Waals surface area contributed by atoms with Crippen LogP contribution in [0, 0.1) is 0 Å². The summed E-state index contributed by atoms with van der Waals surface area (Å²) in [5.74, 6) is 2.27. The minimum atomic E-state index is 0.202. The van der Waals surface area contributed by atoms with E-state index in [9.17, 15) is 0 Å². The highest BCUT2D eigenvalue weighted by atomic mass is 32.0. The summed E-state index contributed by atoms with van der Waals surface area (Å²) in [7, 11) is 1.72. The van der Waals surface area contributed by atoms with Crippen LogP contribution in [0.4, 0.5) is 0 Å². The second kappa shape index (κ2) is 2.02. The molecule has 1 nitrogen and oxygen atoms in total. The maximum Gasteiger partial charge on any atom is 0.0223 e. The maximum absolute atomic E-state index is 3.32. The normalized spacial score (nSPS) is 34.5. The van der Waals surface area contributed by atoms with Crippen molar-refractivity contribution in [1.82, 2.24) is 5.09 Å². The van der Waals surface area contributed by atoms with E-state index in [4.69, 9.17) is 0 Å². The van der Waals surface area contributed by atoms with Crippen LogP contribution in [0.15, 0.2) is 0 Å². The predicted octanol–water partition coefficient (Wildman–Crippen LogP) is 1.28. The molecule has 1 aliphatic heterocycles. The Hall–Kier alpha value is 0.560. The molecule has 34 valence electrons. The van der Waals surface area contributed by atoms with E-state index in [1.54, 1.807) is 0 Å². The Labute approximate surface area is 40.6 Å². The van der Waals surface area contributed by atoms with Crippen molar-refractivity contribution < 1.29 is 0 Å². The highest BCUT2D eigenvalue weighted by Crippen LogP contribution is 2.43. The molecule has 1 rings (SSSR count). The lowest BCUT2D eigenvalue weighted by atomic mass is 10.8. The van der Waals surface area contributed by atoms with Crippen molar-refractivity contribution in [2.75, 3.05) is 13.2 Å². The van der Waals surface area contributed by atoms with Crippen LogP contribution in [0.1, 0.15) is 0 Å². The first-order valence-corrected chi connectivity index (χ1v) is 5.35. The topological polar surface area (TPSA) is 12.0 Å². The van der Waals surface area contributed by atoms with Gasteiger partial charge in [-0.3, -0.25) is 5.09 Å². The molecular weight excluding hydrogens is 112 g/mol. The molecule has 0 aromatic heterocycles. The van der Waals surface area contributed by atoms with Gasteiger partial charge in [0, 0.05) is 14.3 Å². The lowest BCUT2D eigenvalue weighted by molar-refractivity contribution is 1.20. The van der Waals surface area contributed by atoms with Crippen molar-refractivity contribution in [3.8, 4) is 0 Å². The van der Waals surface area contributed by atoms with Crippen LogP contribution in [-0.4, -0.2) is 19.0 Å². The first-order chi connectivity index (χ1) is 2.89. The Morgan fingerprint density at radius 3 is 3.00 bits per heavy atom. The van der Waals surface area contributed by atoms with Crippen molar-refractivity contribution in [2.45, 2.75) is 0 Å². The molecule has 0 spiro atoms. The number of hydrogen-bond donors (Lipinski definition) is 1. The molecule has 0 fully saturated rings. The standard InChI is InChI=1S/C3H7NP2/c1-6-4-2-3-5-6/h3-4H,2H2,1H3. The van der Waals surface area contributed by atoms with Gasteiger partial charge in [0.2, 0.25) is 0 Å². The fourth-order valence-electron chi connectivity index (χ4n) is 0.377. The first kappa shape index (κ1) is 4.71. The monoisotopic (exact) mass is 119 g/mol. The smallest absolute Gasteiger partial charge is 0.0223 e. The van der Waals surface area contributed by atoms with E-state index in [1.807, 2.05) is 0 Å². The number of nitrogens with one attached hydrogen (secondary N) is 1. The zero-order valence-electron chi connectivity index (χ0n) is 3.68. The van der Waals surface area contributed by atoms with E-state index >= 15 is 0 Å². The van der Waals surface area contributed by atoms with Gasteiger partial charge in [0.1, 0.15) is 0 Å². The zero-order chi connectivity index (χ0) is 4.41. The summed E-state index contributed by atoms with van der Waals surface area (Å²) in [5.41, 5.74) is 0. The molecule has 0 aromatic carbocycles. The Morgan fingerprint density at radius 2 is 2.83 bits per heavy atom. The van der Waals surface area contributed by atoms with Crippen molar-refractivity contribution in [3.63, 3.8) is 0 Å². The molecule has 6 heavy (non-hydrogen) atoms. The summed E-state index contributed by atoms with van der Waals surface area (Å²) in [6, 6.07) is 0. The van der Waals surface area contributed by atoms with E-state index in [1.165, 1.54) is 7.89 Å². The van der Waals surface area contributed by atoms with Crippen molar-refractivity contribution >= 4 is 21.5 Å². The highest BCUT2D eigenvalue weighted by molar-refractivity contribution is 8.19. The average Bonchev–Trinajstić information content (AvgIpc) is 1.86. The summed E-state index contributed by atoms with van der Waals surface area (Å²) >= 11 is 0. The predicted molar refractivity (Wildman–Crippen MR) is 33.8 cm³/mol. The molecule has 1 N–H and O–H groups in total. The van der Waals surface area contributed by atoms with E-state index < -0.39 is 0 Å². The summed E-state index contributed by atoms with van der Waals surface area (Å²) < 4.78 is 0. The molecule has 0 amide bonds. The summed E-state index contributed by atoms with van der Waals surface area (Å²) in [4.78, 5) is 0. The zero-order valence-corrected chi connectivity index (χ0v) is 5.47. The molecule has 1 unspecified atom stereocenters. The van der Waals surface area contributed by atoms with Crippen molar-refractivity contribution in [2.24, 2.45) is 0 Å². The van der Waals surface area contributed by atoms with Crippen LogP contribution < -0.4 is 5.09 Å². The molecule has 3 heteroatoms. The minimum Gasteiger partial charge on any atom is -0.285 e. The largest absolute Gasteiger partial charge is 0.285 e. The third kappa shape index (κ3) is 1.01. The molecule has 0 radical (unpaired) electrons. The van der Waals surface area contributed by atoms with E-state index in [-0.39, 0.29) is 7.76 Å². The molecule has 0 saturated carbocycles. The van der Waals surface area contributed by atoms with Crippen LogP contribution in [0.5, 0.6) is 0 Å². The van der Waals surface area contributed by atoms with Crippen molar-refractivity contribution in [1.29, 1.82) is 0 Å². The van der Waals surface area contributed by atoms with Gasteiger partial charge in [0.05, 0.1) is 0 Å². The Kier molecular flexibility index (Phi) is 1.59. The Balaban J connectivity index is 2.38. The maximum atomic E-state index is 3.32. The van der Waals surface area contributed by atoms with Gasteiger partial charge >= 0.3 is 0 Å². The van der Waals surface area contributed by atoms with Gasteiger partial charge in [-0.05, 0) is 12.5 Å². The van der Waals surface area contributed by atoms with Gasteiger partial charge in [-0.15, -0.1) is 0 Å². The summed E-state index contributed by atoms with van der Waals surface area (Å²) in [6.07, 6.45) is 0. The van der Waals surface area contributed by atoms with Crippen LogP contribution in [0.2, 0.25) is 0 Å². The van der Waals surface area contributed by atoms with Crippen LogP contribution in [0.3, 0.4) is 0 Å². The van der Waals surface area contributed by atoms with Gasteiger partial charge in [0.25, 0.3) is 0 Å². The van der Waals surface area contributed by atoms with Gasteiger partial charge in [-0.1, -0.05) is 7.89 Å². The molecule has 0 aliphatic carbocycles. The highest BCUT2D eigenvalue weighted by Gasteiger charge is 1.97. The number of hydrogen-bond acceptors (Lipinski definition) is 1. The van der Waals surface area contributed by atoms with Gasteiger partial charge < -0.3 is 0 Å². The molecular formula is C3H7NP2. The summed E-state index contributed by atoms with van der Waals surface area (Å²) in [6.45, 7) is 3.38. The Morgan fingerprint density at radius 1 is 2.00 bits per heavy atom. The molecule has 1 aliphatic rings. The summed E-state index contributed by atoms with van der Waals surface area (Å²) in [5, 5.41) is 3.32. The molecule has 1 atom stereocenters. The quantitative estimate of drug-likeness (QED) is 0.473. The average molecular weight is 119 g/mol. The second-order valence-electron chi connectivity index (χ2n) is 1.18. The lowest BCUT2D eigenvalue weighted by Crippen LogP contribution is -1.99. The van der Waals surface area contributed by atoms with E-state index in [0.717, 1.165) is 6.54 Å². The third-order valence-corrected chi connectivity index (χ3v) is 3.95. The molecule has 0 aromatic rings. The second-order valence-corrected chi connectivity index (χ2v) is 5.64. The number of rotatable bonds is 0. The molecule has 0 saturated heterocycles. The van der Waals surface area contributed by atoms with Crippen LogP contribution in [0.25, 0.3) is 0 Å². The fraction of sp³-hybridized carbons (Fsp3) is 0.667. The van der Waals surface area contributed by atoms with Crippen molar-refractivity contribution in [3.05, 3.63) is 0 Å². The van der Waals surface area contributed by atoms with Gasteiger partial charge in [-0.2, -0.15) is 0 Å². The Bertz CT molecular complexity index is 71.2. The lowest BCUT2D eigenvalue weighted by Gasteiger charge is -1.93. The van der Waals surface area contributed by atoms with Crippen LogP contribution >= 0.6 is 15.7 Å². The third-order valence-electron chi connectivity index (χ3n) is 0.666. The van der Waals surface area contributed by atoms with E-state index in [0.29, 0.717) is 0 Å². The first-order valence-electron chi connectivity index (χ1n) is 1.89. The van der Waals surface area contributed by atoms with Crippen LogP contribution in [-0.2, 0) is 0 Å². The molecule has 1 heterocycles. The minimum absolute atomic E-state index is 0.202. The van der Waals surface area contributed by atoms with E-state index in [2.05, 4.69) is 17.5 Å².